The highest BCUT2D eigenvalue weighted by molar-refractivity contribution is 7.17. The summed E-state index contributed by atoms with van der Waals surface area (Å²) in [5, 5.41) is 10.8. The SMILES string of the molecule is CNc1nc(C)c(C(=O)N2CCN(Cc3cccc(C)c3)C(=O)C2)s1.O=C(O)C(F)(F)F. The second kappa shape index (κ2) is 10.4. The Balaban J connectivity index is 0.000000451. The number of carboxylic acid groups (broad SMARTS) is 1. The molecule has 2 amide bonds. The number of amides is 2. The molecule has 1 aliphatic rings. The van der Waals surface area contributed by atoms with Crippen LogP contribution in [0.25, 0.3) is 0 Å². The highest BCUT2D eigenvalue weighted by Crippen LogP contribution is 2.24. The number of carbonyl (C=O) groups is 3. The molecule has 1 saturated heterocycles. The standard InChI is InChI=1S/C18H22N4O2S.C2HF3O2/c1-12-5-4-6-14(9-12)10-21-7-8-22(11-15(21)23)17(24)16-13(2)20-18(19-3)25-16;3-2(4,5)1(6)7/h4-6,9H,7-8,10-11H2,1-3H3,(H,19,20);(H,6,7). The molecule has 0 saturated carbocycles. The molecule has 0 aliphatic carbocycles. The van der Waals surface area contributed by atoms with Gasteiger partial charge in [0.1, 0.15) is 11.4 Å². The Hall–Kier alpha value is -3.15. The molecule has 1 fully saturated rings. The van der Waals surface area contributed by atoms with Gasteiger partial charge in [-0.15, -0.1) is 0 Å². The van der Waals surface area contributed by atoms with E-state index in [1.807, 2.05) is 36.9 Å². The fourth-order valence-electron chi connectivity index (χ4n) is 2.93. The first-order valence-electron chi connectivity index (χ1n) is 9.50. The van der Waals surface area contributed by atoms with Gasteiger partial charge in [-0.1, -0.05) is 41.2 Å². The van der Waals surface area contributed by atoms with E-state index in [9.17, 15) is 22.8 Å². The molecule has 0 spiro atoms. The Labute approximate surface area is 186 Å². The molecular weight excluding hydrogens is 449 g/mol. The number of carbonyl (C=O) groups excluding carboxylic acids is 2. The third-order valence-electron chi connectivity index (χ3n) is 4.51. The molecule has 0 atom stereocenters. The number of piperazine rings is 1. The largest absolute Gasteiger partial charge is 0.490 e. The van der Waals surface area contributed by atoms with Crippen molar-refractivity contribution in [2.24, 2.45) is 0 Å². The molecule has 2 N–H and O–H groups in total. The number of nitrogens with one attached hydrogen (secondary N) is 1. The topological polar surface area (TPSA) is 103 Å². The maximum atomic E-state index is 12.7. The van der Waals surface area contributed by atoms with Crippen molar-refractivity contribution >= 4 is 34.3 Å². The molecule has 1 aromatic carbocycles. The van der Waals surface area contributed by atoms with E-state index in [4.69, 9.17) is 9.90 Å². The van der Waals surface area contributed by atoms with Gasteiger partial charge in [0.05, 0.1) is 5.69 Å². The first-order chi connectivity index (χ1) is 14.9. The second-order valence-electron chi connectivity index (χ2n) is 7.02. The minimum atomic E-state index is -5.08. The van der Waals surface area contributed by atoms with Gasteiger partial charge in [0.2, 0.25) is 5.91 Å². The van der Waals surface area contributed by atoms with Crippen LogP contribution >= 0.6 is 11.3 Å². The minimum absolute atomic E-state index is 0.0166. The van der Waals surface area contributed by atoms with Crippen molar-refractivity contribution in [2.45, 2.75) is 26.6 Å². The number of alkyl halides is 3. The maximum Gasteiger partial charge on any atom is 0.490 e. The van der Waals surface area contributed by atoms with Crippen molar-refractivity contribution in [1.82, 2.24) is 14.8 Å². The van der Waals surface area contributed by atoms with Crippen molar-refractivity contribution in [3.05, 3.63) is 46.0 Å². The van der Waals surface area contributed by atoms with Crippen LogP contribution in [0.4, 0.5) is 18.3 Å². The summed E-state index contributed by atoms with van der Waals surface area (Å²) in [5.41, 5.74) is 3.00. The molecule has 32 heavy (non-hydrogen) atoms. The van der Waals surface area contributed by atoms with Crippen LogP contribution in [-0.2, 0) is 16.1 Å². The molecule has 12 heteroatoms. The molecule has 2 aromatic rings. The van der Waals surface area contributed by atoms with Crippen LogP contribution in [0.1, 0.15) is 26.5 Å². The Morgan fingerprint density at radius 1 is 1.25 bits per heavy atom. The first kappa shape index (κ1) is 25.1. The summed E-state index contributed by atoms with van der Waals surface area (Å²) in [6, 6.07) is 8.15. The lowest BCUT2D eigenvalue weighted by molar-refractivity contribution is -0.192. The zero-order chi connectivity index (χ0) is 24.1. The van der Waals surface area contributed by atoms with Gasteiger partial charge >= 0.3 is 12.1 Å². The molecular formula is C20H23F3N4O4S. The summed E-state index contributed by atoms with van der Waals surface area (Å²) in [5.74, 6) is -2.88. The highest BCUT2D eigenvalue weighted by atomic mass is 32.1. The van der Waals surface area contributed by atoms with Gasteiger partial charge in [0.25, 0.3) is 5.91 Å². The summed E-state index contributed by atoms with van der Waals surface area (Å²) in [6.07, 6.45) is -5.08. The third kappa shape index (κ3) is 6.67. The quantitative estimate of drug-likeness (QED) is 0.710. The van der Waals surface area contributed by atoms with Gasteiger partial charge < -0.3 is 20.2 Å². The molecule has 3 rings (SSSR count). The van der Waals surface area contributed by atoms with Crippen molar-refractivity contribution < 1.29 is 32.7 Å². The summed E-state index contributed by atoms with van der Waals surface area (Å²) in [6.45, 7) is 5.67. The molecule has 2 heterocycles. The molecule has 8 nitrogen and oxygen atoms in total. The highest BCUT2D eigenvalue weighted by Gasteiger charge is 2.38. The summed E-state index contributed by atoms with van der Waals surface area (Å²) in [7, 11) is 1.78. The molecule has 174 valence electrons. The molecule has 0 unspecified atom stereocenters. The van der Waals surface area contributed by atoms with Crippen LogP contribution in [-0.4, -0.2) is 70.5 Å². The average molecular weight is 472 g/mol. The molecule has 0 bridgehead atoms. The lowest BCUT2D eigenvalue weighted by atomic mass is 10.1. The second-order valence-corrected chi connectivity index (χ2v) is 8.02. The number of carboxylic acids is 1. The third-order valence-corrected chi connectivity index (χ3v) is 5.67. The van der Waals surface area contributed by atoms with Crippen LogP contribution in [0, 0.1) is 13.8 Å². The minimum Gasteiger partial charge on any atom is -0.475 e. The Morgan fingerprint density at radius 3 is 2.41 bits per heavy atom. The number of thiazole rings is 1. The van der Waals surface area contributed by atoms with E-state index in [-0.39, 0.29) is 18.4 Å². The number of halogens is 3. The monoisotopic (exact) mass is 472 g/mol. The number of hydrogen-bond acceptors (Lipinski definition) is 6. The van der Waals surface area contributed by atoms with Crippen LogP contribution in [0.5, 0.6) is 0 Å². The Bertz CT molecular complexity index is 993. The van der Waals surface area contributed by atoms with Crippen LogP contribution < -0.4 is 5.32 Å². The van der Waals surface area contributed by atoms with Crippen LogP contribution in [0.3, 0.4) is 0 Å². The number of anilines is 1. The number of rotatable bonds is 4. The van der Waals surface area contributed by atoms with E-state index in [1.165, 1.54) is 16.9 Å². The maximum absolute atomic E-state index is 12.7. The van der Waals surface area contributed by atoms with Crippen molar-refractivity contribution in [3.8, 4) is 0 Å². The van der Waals surface area contributed by atoms with Crippen molar-refractivity contribution in [1.29, 1.82) is 0 Å². The van der Waals surface area contributed by atoms with Crippen LogP contribution in [0.15, 0.2) is 24.3 Å². The number of nitrogens with zero attached hydrogens (tertiary/aromatic N) is 3. The predicted octanol–water partition coefficient (Wildman–Crippen LogP) is 2.92. The summed E-state index contributed by atoms with van der Waals surface area (Å²) in [4.78, 5) is 42.4. The van der Waals surface area contributed by atoms with Crippen molar-refractivity contribution in [2.75, 3.05) is 32.0 Å². The van der Waals surface area contributed by atoms with E-state index in [0.717, 1.165) is 5.56 Å². The number of aromatic nitrogens is 1. The van der Waals surface area contributed by atoms with Gasteiger partial charge in [-0.2, -0.15) is 13.2 Å². The van der Waals surface area contributed by atoms with E-state index >= 15 is 0 Å². The smallest absolute Gasteiger partial charge is 0.475 e. The summed E-state index contributed by atoms with van der Waals surface area (Å²) >= 11 is 1.33. The number of aliphatic carboxylic acids is 1. The molecule has 1 aromatic heterocycles. The Morgan fingerprint density at radius 2 is 1.91 bits per heavy atom. The zero-order valence-electron chi connectivity index (χ0n) is 17.7. The lowest BCUT2D eigenvalue weighted by Crippen LogP contribution is -2.51. The van der Waals surface area contributed by atoms with E-state index in [0.29, 0.717) is 35.3 Å². The van der Waals surface area contributed by atoms with E-state index < -0.39 is 12.1 Å². The van der Waals surface area contributed by atoms with E-state index in [1.54, 1.807) is 11.9 Å². The van der Waals surface area contributed by atoms with Gasteiger partial charge in [-0.25, -0.2) is 9.78 Å². The normalized spacial score (nSPS) is 14.0. The van der Waals surface area contributed by atoms with Gasteiger partial charge in [0, 0.05) is 26.7 Å². The summed E-state index contributed by atoms with van der Waals surface area (Å²) < 4.78 is 31.7. The Kier molecular flexibility index (Phi) is 8.19. The average Bonchev–Trinajstić information content (AvgIpc) is 3.09. The zero-order valence-corrected chi connectivity index (χ0v) is 18.5. The fraction of sp³-hybridized carbons (Fsp3) is 0.400. The molecule has 1 aliphatic heterocycles. The van der Waals surface area contributed by atoms with Crippen LogP contribution in [0.2, 0.25) is 0 Å². The van der Waals surface area contributed by atoms with Gasteiger partial charge in [-0.3, -0.25) is 9.59 Å². The van der Waals surface area contributed by atoms with Crippen molar-refractivity contribution in [3.63, 3.8) is 0 Å². The van der Waals surface area contributed by atoms with Gasteiger partial charge in [-0.05, 0) is 19.4 Å². The fourth-order valence-corrected chi connectivity index (χ4v) is 3.81. The molecule has 0 radical (unpaired) electrons. The number of benzene rings is 1. The van der Waals surface area contributed by atoms with E-state index in [2.05, 4.69) is 16.4 Å². The van der Waals surface area contributed by atoms with Gasteiger partial charge in [0.15, 0.2) is 5.13 Å². The first-order valence-corrected chi connectivity index (χ1v) is 10.3. The number of aryl methyl sites for hydroxylation is 2. The predicted molar refractivity (Wildman–Crippen MR) is 113 cm³/mol. The lowest BCUT2D eigenvalue weighted by Gasteiger charge is -2.34. The number of hydrogen-bond donors (Lipinski definition) is 2.